The molecule has 25 nitrogen and oxygen atoms in total. The smallest absolute Gasteiger partial charge is 0.463 e. The Kier molecular flexibility index (Phi) is 66.2. The van der Waals surface area contributed by atoms with Crippen molar-refractivity contribution >= 4 is 31.7 Å². The zero-order valence-electron chi connectivity index (χ0n) is 74.0. The monoisotopic (exact) mass is 1710 g/mol. The summed E-state index contributed by atoms with van der Waals surface area (Å²) in [5.41, 5.74) is 0. The lowest BCUT2D eigenvalue weighted by Crippen LogP contribution is -2.70. The minimum Gasteiger partial charge on any atom is -0.463 e. The maximum Gasteiger partial charge on any atom is 0.472 e. The van der Waals surface area contributed by atoms with E-state index in [0.717, 1.165) is 148 Å². The van der Waals surface area contributed by atoms with E-state index >= 15 is 0 Å². The number of carbonyl (C=O) groups is 4. The van der Waals surface area contributed by atoms with Gasteiger partial charge in [-0.1, -0.05) is 354 Å². The molecular formula is C92H171O25P. The number of phosphoric ester groups is 1. The molecule has 0 amide bonds. The molecular weight excluding hydrogens is 1540 g/mol. The lowest BCUT2D eigenvalue weighted by molar-refractivity contribution is -0.360. The first-order valence-electron chi connectivity index (χ1n) is 47.9. The molecule has 118 heavy (non-hydrogen) atoms. The molecule has 3 aliphatic rings. The summed E-state index contributed by atoms with van der Waals surface area (Å²) in [6.07, 6.45) is 30.4. The predicted molar refractivity (Wildman–Crippen MR) is 458 cm³/mol. The quantitative estimate of drug-likeness (QED) is 0.00889. The van der Waals surface area contributed by atoms with Crippen LogP contribution in [0.2, 0.25) is 0 Å². The Bertz CT molecular complexity index is 2500. The summed E-state index contributed by atoms with van der Waals surface area (Å²) < 4.78 is 73.5. The molecule has 3 fully saturated rings. The van der Waals surface area contributed by atoms with Crippen LogP contribution in [0, 0.1) is 0 Å². The molecule has 3 rings (SSSR count). The zero-order valence-corrected chi connectivity index (χ0v) is 74.9. The molecule has 0 bridgehead atoms. The van der Waals surface area contributed by atoms with E-state index in [4.69, 9.17) is 46.9 Å². The third kappa shape index (κ3) is 51.0. The van der Waals surface area contributed by atoms with Crippen molar-refractivity contribution < 1.29 is 122 Å². The number of aliphatic hydroxyl groups excluding tert-OH is 9. The largest absolute Gasteiger partial charge is 0.472 e. The summed E-state index contributed by atoms with van der Waals surface area (Å²) in [5, 5.41) is 102. The lowest BCUT2D eigenvalue weighted by Gasteiger charge is -2.50. The molecule has 0 aromatic heterocycles. The third-order valence-electron chi connectivity index (χ3n) is 23.5. The highest BCUT2D eigenvalue weighted by molar-refractivity contribution is 7.47. The molecule has 2 heterocycles. The molecule has 26 heteroatoms. The van der Waals surface area contributed by atoms with Gasteiger partial charge in [-0.25, -0.2) is 4.57 Å². The van der Waals surface area contributed by atoms with Gasteiger partial charge in [-0.15, -0.1) is 0 Å². The van der Waals surface area contributed by atoms with Crippen molar-refractivity contribution in [1.29, 1.82) is 0 Å². The van der Waals surface area contributed by atoms with Crippen molar-refractivity contribution in [2.45, 2.75) is 524 Å². The van der Waals surface area contributed by atoms with Gasteiger partial charge in [-0.3, -0.25) is 28.2 Å². The van der Waals surface area contributed by atoms with E-state index in [2.05, 4.69) is 39.8 Å². The first kappa shape index (κ1) is 109. The van der Waals surface area contributed by atoms with E-state index in [1.807, 2.05) is 0 Å². The van der Waals surface area contributed by atoms with Crippen LogP contribution in [0.5, 0.6) is 0 Å². The number of rotatable bonds is 78. The van der Waals surface area contributed by atoms with Crippen LogP contribution < -0.4 is 0 Å². The molecule has 0 aromatic carbocycles. The molecule has 10 N–H and O–H groups in total. The topological polar surface area (TPSA) is 380 Å². The summed E-state index contributed by atoms with van der Waals surface area (Å²) in [6, 6.07) is 0. The number of carbonyl (C=O) groups excluding carboxylic acids is 4. The highest BCUT2D eigenvalue weighted by Gasteiger charge is 2.60. The van der Waals surface area contributed by atoms with Crippen LogP contribution >= 0.6 is 7.82 Å². The van der Waals surface area contributed by atoms with Crippen LogP contribution in [0.3, 0.4) is 0 Å². The van der Waals surface area contributed by atoms with Crippen LogP contribution in [-0.2, 0) is 70.7 Å². The molecule has 0 radical (unpaired) electrons. The number of ether oxygens (including phenoxy) is 8. The van der Waals surface area contributed by atoms with Gasteiger partial charge < -0.3 is 88.7 Å². The standard InChI is InChI=1S/C92H171O25P/c1-5-9-13-17-21-25-29-33-36-39-43-47-51-55-59-63-67-78(97)114-87-83(102)84(103)88(115-91-85(104)81(100)79(98)73(68-93)112-91)90(89(87)116-92-86(105)82(101)80(99)74(113-92)71-109-76(95)65-61-57-53-49-45-42-38-35-31-27-23-19-15-11-7-3)117-118(106,107)110-70-72(111-77(96)66-62-58-54-50-46-40-32-28-24-20-16-12-8-4)69-108-75(94)64-60-56-52-48-44-41-37-34-30-26-22-18-14-10-6-2/h27,31,72-74,79-93,98-105H,5-26,28-30,32-71H2,1-4H3,(H,106,107)/b31-27-. The number of unbranched alkanes of at least 4 members (excludes halogenated alkanes) is 52. The second-order valence-electron chi connectivity index (χ2n) is 34.2. The van der Waals surface area contributed by atoms with Gasteiger partial charge in [0.15, 0.2) is 24.8 Å². The number of esters is 4. The first-order chi connectivity index (χ1) is 57.2. The van der Waals surface area contributed by atoms with Crippen molar-refractivity contribution in [2.24, 2.45) is 0 Å². The third-order valence-corrected chi connectivity index (χ3v) is 24.5. The van der Waals surface area contributed by atoms with E-state index in [1.165, 1.54) is 186 Å². The number of aliphatic hydroxyl groups is 9. The van der Waals surface area contributed by atoms with Gasteiger partial charge >= 0.3 is 31.7 Å². The number of hydrogen-bond acceptors (Lipinski definition) is 24. The molecule has 18 atom stereocenters. The second kappa shape index (κ2) is 71.4. The van der Waals surface area contributed by atoms with E-state index < -0.39 is 162 Å². The maximum atomic E-state index is 14.9. The van der Waals surface area contributed by atoms with Gasteiger partial charge in [0, 0.05) is 25.7 Å². The first-order valence-corrected chi connectivity index (χ1v) is 49.4. The Morgan fingerprint density at radius 1 is 0.331 bits per heavy atom. The fourth-order valence-corrected chi connectivity index (χ4v) is 16.9. The van der Waals surface area contributed by atoms with Crippen LogP contribution in [0.1, 0.15) is 419 Å². The molecule has 1 saturated carbocycles. The van der Waals surface area contributed by atoms with Gasteiger partial charge in [0.25, 0.3) is 0 Å². The van der Waals surface area contributed by atoms with Crippen LogP contribution in [-0.4, -0.2) is 205 Å². The normalized spacial score (nSPS) is 24.9. The van der Waals surface area contributed by atoms with Crippen LogP contribution in [0.25, 0.3) is 0 Å². The Hall–Kier alpha value is -2.79. The fourth-order valence-electron chi connectivity index (χ4n) is 15.9. The lowest BCUT2D eigenvalue weighted by atomic mass is 9.84. The summed E-state index contributed by atoms with van der Waals surface area (Å²) in [4.78, 5) is 66.5. The van der Waals surface area contributed by atoms with E-state index in [9.17, 15) is 74.6 Å². The Morgan fingerprint density at radius 3 is 1.02 bits per heavy atom. The van der Waals surface area contributed by atoms with Crippen molar-refractivity contribution in [2.75, 3.05) is 26.4 Å². The van der Waals surface area contributed by atoms with Gasteiger partial charge in [-0.2, -0.15) is 0 Å². The molecule has 0 aromatic rings. The second-order valence-corrected chi connectivity index (χ2v) is 35.6. The Balaban J connectivity index is 1.91. The molecule has 18 unspecified atom stereocenters. The summed E-state index contributed by atoms with van der Waals surface area (Å²) in [7, 11) is -5.80. The van der Waals surface area contributed by atoms with Crippen LogP contribution in [0.4, 0.5) is 0 Å². The van der Waals surface area contributed by atoms with Gasteiger partial charge in [-0.05, 0) is 51.4 Å². The molecule has 694 valence electrons. The highest BCUT2D eigenvalue weighted by atomic mass is 31.2. The number of phosphoric acid groups is 1. The SMILES string of the molecule is CCCCCC/C=C\CCCCCCCCCC(=O)OCC1OC(OC2C(OC(=O)CCCCCCCCCCCCCCCCCC)C(O)C(O)C(OC3OC(CO)C(O)C(O)C3O)C2OP(=O)(O)OCC(COC(=O)CCCCCCCCCCCCCCCCC)OC(=O)CCCCCCCCCCCCCCC)C(O)C(O)C1O. The van der Waals surface area contributed by atoms with E-state index in [0.29, 0.717) is 32.1 Å². The summed E-state index contributed by atoms with van der Waals surface area (Å²) in [6.45, 7) is 5.62. The average molecular weight is 1710 g/mol. The van der Waals surface area contributed by atoms with Crippen molar-refractivity contribution in [3.05, 3.63) is 12.2 Å². The summed E-state index contributed by atoms with van der Waals surface area (Å²) in [5.74, 6) is -2.95. The van der Waals surface area contributed by atoms with Gasteiger partial charge in [0.1, 0.15) is 92.6 Å². The zero-order chi connectivity index (χ0) is 86.1. The molecule has 2 saturated heterocycles. The molecule has 1 aliphatic carbocycles. The van der Waals surface area contributed by atoms with Crippen molar-refractivity contribution in [3.8, 4) is 0 Å². The maximum absolute atomic E-state index is 14.9. The van der Waals surface area contributed by atoms with Gasteiger partial charge in [0.2, 0.25) is 0 Å². The van der Waals surface area contributed by atoms with Crippen molar-refractivity contribution in [3.63, 3.8) is 0 Å². The predicted octanol–water partition coefficient (Wildman–Crippen LogP) is 17.9. The van der Waals surface area contributed by atoms with E-state index in [-0.39, 0.29) is 25.7 Å². The van der Waals surface area contributed by atoms with E-state index in [1.54, 1.807) is 0 Å². The Labute approximate surface area is 712 Å². The Morgan fingerprint density at radius 2 is 0.636 bits per heavy atom. The number of hydrogen-bond donors (Lipinski definition) is 10. The van der Waals surface area contributed by atoms with Gasteiger partial charge in [0.05, 0.1) is 13.2 Å². The molecule has 2 aliphatic heterocycles. The summed E-state index contributed by atoms with van der Waals surface area (Å²) >= 11 is 0. The fraction of sp³-hybridized carbons (Fsp3) is 0.935. The minimum absolute atomic E-state index is 0.0112. The number of allylic oxidation sites excluding steroid dienone is 2. The van der Waals surface area contributed by atoms with Crippen molar-refractivity contribution in [1.82, 2.24) is 0 Å². The van der Waals surface area contributed by atoms with Crippen LogP contribution in [0.15, 0.2) is 12.2 Å². The highest BCUT2D eigenvalue weighted by Crippen LogP contribution is 2.49. The molecule has 0 spiro atoms. The minimum atomic E-state index is -5.80. The average Bonchev–Trinajstić information content (AvgIpc) is 0.754.